The van der Waals surface area contributed by atoms with E-state index in [1.807, 2.05) is 18.2 Å². The summed E-state index contributed by atoms with van der Waals surface area (Å²) in [5.74, 6) is 0. The molecule has 2 nitrogen and oxygen atoms in total. The van der Waals surface area contributed by atoms with E-state index in [9.17, 15) is 0 Å². The molecule has 0 bridgehead atoms. The van der Waals surface area contributed by atoms with Crippen LogP contribution in [-0.4, -0.2) is 6.73 Å². The van der Waals surface area contributed by atoms with Gasteiger partial charge < -0.3 is 0 Å². The van der Waals surface area contributed by atoms with E-state index in [-0.39, 0.29) is 0 Å². The van der Waals surface area contributed by atoms with Gasteiger partial charge in [0, 0.05) is 0 Å². The number of rotatable bonds is 3. The fourth-order valence-electron chi connectivity index (χ4n) is 3.34. The molecule has 1 aliphatic rings. The number of nitrogens with one attached hydrogen (secondary N) is 1. The molecule has 0 aliphatic carbocycles. The number of hydrogen-bond donors (Lipinski definition) is 1. The van der Waals surface area contributed by atoms with Gasteiger partial charge in [0.15, 0.2) is 0 Å². The molecule has 0 unspecified atom stereocenters. The monoisotopic (exact) mass is 307 g/mol. The van der Waals surface area contributed by atoms with E-state index in [1.165, 1.54) is 15.9 Å². The minimum atomic E-state index is -2.97. The molecule has 110 valence electrons. The molecule has 3 heteroatoms. The van der Waals surface area contributed by atoms with Crippen LogP contribution < -0.4 is 21.0 Å². The third-order valence-corrected chi connectivity index (χ3v) is 9.66. The van der Waals surface area contributed by atoms with Gasteiger partial charge in [0.2, 0.25) is 0 Å². The molecule has 1 saturated heterocycles. The van der Waals surface area contributed by atoms with Gasteiger partial charge in [0.1, 0.15) is 0 Å². The zero-order valence-electron chi connectivity index (χ0n) is 12.2. The first kappa shape index (κ1) is 13.7. The topological polar surface area (TPSA) is 21.3 Å². The zero-order valence-corrected chi connectivity index (χ0v) is 13.1. The van der Waals surface area contributed by atoms with Crippen molar-refractivity contribution in [3.05, 3.63) is 91.0 Å². The summed E-state index contributed by atoms with van der Waals surface area (Å²) in [7, 11) is 0. The van der Waals surface area contributed by atoms with Crippen molar-refractivity contribution in [3.8, 4) is 0 Å². The fourth-order valence-corrected chi connectivity index (χ4v) is 7.97. The van der Waals surface area contributed by atoms with E-state index in [0.29, 0.717) is 6.73 Å². The Morgan fingerprint density at radius 2 is 0.909 bits per heavy atom. The molecular formula is C19H18NOP. The number of hydrogen-bond acceptors (Lipinski definition) is 2. The summed E-state index contributed by atoms with van der Waals surface area (Å²) in [5, 5.41) is 7.39. The Labute approximate surface area is 130 Å². The molecule has 0 spiro atoms. The van der Waals surface area contributed by atoms with Crippen molar-refractivity contribution in [2.45, 2.75) is 0 Å². The van der Waals surface area contributed by atoms with E-state index < -0.39 is 6.98 Å². The third-order valence-electron chi connectivity index (χ3n) is 4.44. The van der Waals surface area contributed by atoms with Gasteiger partial charge in [-0.15, -0.1) is 0 Å². The first-order valence-corrected chi connectivity index (χ1v) is 9.61. The molecule has 1 fully saturated rings. The average molecular weight is 307 g/mol. The van der Waals surface area contributed by atoms with Gasteiger partial charge in [-0.3, -0.25) is 0 Å². The molecule has 4 rings (SSSR count). The zero-order chi connectivity index (χ0) is 14.9. The molecule has 0 atom stereocenters. The summed E-state index contributed by atoms with van der Waals surface area (Å²) < 4.78 is 6.48. The van der Waals surface area contributed by atoms with Crippen LogP contribution in [0.1, 0.15) is 0 Å². The fraction of sp³-hybridized carbons (Fsp3) is 0.0526. The second kappa shape index (κ2) is 5.03. The van der Waals surface area contributed by atoms with E-state index in [2.05, 4.69) is 77.9 Å². The average Bonchev–Trinajstić information content (AvgIpc) is 2.58. The van der Waals surface area contributed by atoms with Crippen molar-refractivity contribution in [1.29, 1.82) is 0 Å². The van der Waals surface area contributed by atoms with E-state index in [4.69, 9.17) is 4.52 Å². The Balaban J connectivity index is 2.09. The number of benzene rings is 3. The Morgan fingerprint density at radius 3 is 1.14 bits per heavy atom. The summed E-state index contributed by atoms with van der Waals surface area (Å²) in [4.78, 5) is 0. The Hall–Kier alpha value is -1.99. The van der Waals surface area contributed by atoms with E-state index >= 15 is 0 Å². The van der Waals surface area contributed by atoms with Crippen LogP contribution in [0.4, 0.5) is 0 Å². The molecule has 3 aromatic carbocycles. The van der Waals surface area contributed by atoms with Gasteiger partial charge in [-0.1, -0.05) is 0 Å². The molecule has 3 aromatic rings. The van der Waals surface area contributed by atoms with E-state index in [0.717, 1.165) is 0 Å². The molecule has 0 saturated carbocycles. The van der Waals surface area contributed by atoms with Crippen LogP contribution in [0.5, 0.6) is 0 Å². The Bertz CT molecular complexity index is 667. The maximum absolute atomic E-state index is 6.48. The third kappa shape index (κ3) is 1.66. The van der Waals surface area contributed by atoms with Crippen LogP contribution in [0.2, 0.25) is 0 Å². The van der Waals surface area contributed by atoms with Gasteiger partial charge in [0.25, 0.3) is 0 Å². The van der Waals surface area contributed by atoms with Crippen molar-refractivity contribution in [2.24, 2.45) is 0 Å². The van der Waals surface area contributed by atoms with Crippen LogP contribution in [-0.2, 0) is 4.52 Å². The first-order valence-electron chi connectivity index (χ1n) is 7.45. The van der Waals surface area contributed by atoms with Gasteiger partial charge in [-0.05, 0) is 0 Å². The molecule has 1 heterocycles. The molecule has 0 amide bonds. The molecule has 0 radical (unpaired) electrons. The Morgan fingerprint density at radius 1 is 0.591 bits per heavy atom. The van der Waals surface area contributed by atoms with Gasteiger partial charge in [-0.25, -0.2) is 0 Å². The quantitative estimate of drug-likeness (QED) is 0.751. The van der Waals surface area contributed by atoms with Crippen molar-refractivity contribution in [2.75, 3.05) is 6.73 Å². The maximum atomic E-state index is 6.48. The molecule has 0 aromatic heterocycles. The van der Waals surface area contributed by atoms with Crippen molar-refractivity contribution in [3.63, 3.8) is 0 Å². The predicted octanol–water partition coefficient (Wildman–Crippen LogP) is 2.92. The second-order valence-corrected chi connectivity index (χ2v) is 9.67. The van der Waals surface area contributed by atoms with E-state index in [1.54, 1.807) is 0 Å². The molecule has 1 aliphatic heterocycles. The van der Waals surface area contributed by atoms with Gasteiger partial charge in [-0.2, -0.15) is 0 Å². The summed E-state index contributed by atoms with van der Waals surface area (Å²) in [6.07, 6.45) is 0. The van der Waals surface area contributed by atoms with Crippen LogP contribution in [0.3, 0.4) is 0 Å². The van der Waals surface area contributed by atoms with Crippen LogP contribution in [0.15, 0.2) is 91.0 Å². The van der Waals surface area contributed by atoms with Crippen molar-refractivity contribution < 1.29 is 4.52 Å². The van der Waals surface area contributed by atoms with Gasteiger partial charge in [0.05, 0.1) is 0 Å². The first-order chi connectivity index (χ1) is 10.9. The van der Waals surface area contributed by atoms with Crippen molar-refractivity contribution in [1.82, 2.24) is 5.09 Å². The van der Waals surface area contributed by atoms with Crippen molar-refractivity contribution >= 4 is 22.9 Å². The van der Waals surface area contributed by atoms with Crippen LogP contribution in [0, 0.1) is 0 Å². The van der Waals surface area contributed by atoms with Crippen LogP contribution >= 0.6 is 6.98 Å². The minimum absolute atomic E-state index is 0.580. The second-order valence-electron chi connectivity index (χ2n) is 5.47. The summed E-state index contributed by atoms with van der Waals surface area (Å²) in [5.41, 5.74) is 0. The molecular weight excluding hydrogens is 289 g/mol. The SMILES string of the molecule is c1ccc(P2(c3ccccc3)(c3ccccc3)NCO2)cc1. The molecule has 1 N–H and O–H groups in total. The summed E-state index contributed by atoms with van der Waals surface area (Å²) in [6, 6.07) is 31.7. The van der Waals surface area contributed by atoms with Gasteiger partial charge >= 0.3 is 130 Å². The Kier molecular flexibility index (Phi) is 3.12. The normalized spacial score (nSPS) is 20.3. The predicted molar refractivity (Wildman–Crippen MR) is 94.2 cm³/mol. The van der Waals surface area contributed by atoms with Crippen LogP contribution in [0.25, 0.3) is 0 Å². The summed E-state index contributed by atoms with van der Waals surface area (Å²) in [6.45, 7) is -2.39. The standard InChI is InChI=1S/C19H18NOP/c1-4-10-17(11-5-1)22(20-16-21-22,18-12-6-2-7-13-18)19-14-8-3-9-15-19/h1-15,20H,16H2. The molecule has 22 heavy (non-hydrogen) atoms. The summed E-state index contributed by atoms with van der Waals surface area (Å²) >= 11 is 0.